The maximum Gasteiger partial charge on any atom is 0.307 e. The molecule has 1 aliphatic carbocycles. The molecule has 2 aromatic rings. The molecule has 1 aromatic carbocycles. The first-order chi connectivity index (χ1) is 7.75. The number of fused-ring (bicyclic) bond motifs is 1. The van der Waals surface area contributed by atoms with E-state index >= 15 is 0 Å². The second-order valence-electron chi connectivity index (χ2n) is 4.25. The number of aliphatic carboxylic acids is 1. The van der Waals surface area contributed by atoms with Crippen molar-refractivity contribution in [2.75, 3.05) is 0 Å². The van der Waals surface area contributed by atoms with E-state index in [0.29, 0.717) is 0 Å². The minimum Gasteiger partial charge on any atom is -0.481 e. The molecule has 0 saturated heterocycles. The summed E-state index contributed by atoms with van der Waals surface area (Å²) in [5.41, 5.74) is 2.00. The quantitative estimate of drug-likeness (QED) is 0.833. The third-order valence-electron chi connectivity index (χ3n) is 3.15. The molecule has 3 heteroatoms. The Morgan fingerprint density at radius 1 is 1.38 bits per heavy atom. The molecular weight excluding hydrogens is 202 g/mol. The first-order valence-corrected chi connectivity index (χ1v) is 5.33. The van der Waals surface area contributed by atoms with E-state index in [0.717, 1.165) is 22.9 Å². The van der Waals surface area contributed by atoms with E-state index in [9.17, 15) is 4.79 Å². The smallest absolute Gasteiger partial charge is 0.307 e. The average molecular weight is 213 g/mol. The molecule has 3 nitrogen and oxygen atoms in total. The normalized spacial score (nSPS) is 23.2. The summed E-state index contributed by atoms with van der Waals surface area (Å²) in [6, 6.07) is 9.93. The number of aromatic nitrogens is 1. The minimum absolute atomic E-state index is 0.162. The number of rotatable bonds is 2. The lowest BCUT2D eigenvalue weighted by Crippen LogP contribution is -1.99. The lowest BCUT2D eigenvalue weighted by molar-refractivity contribution is -0.138. The van der Waals surface area contributed by atoms with Gasteiger partial charge < -0.3 is 5.11 Å². The average Bonchev–Trinajstić information content (AvgIpc) is 3.08. The van der Waals surface area contributed by atoms with Gasteiger partial charge in [-0.1, -0.05) is 18.2 Å². The molecule has 16 heavy (non-hydrogen) atoms. The molecule has 1 N–H and O–H groups in total. The van der Waals surface area contributed by atoms with Gasteiger partial charge >= 0.3 is 5.97 Å². The van der Waals surface area contributed by atoms with Crippen LogP contribution in [0.5, 0.6) is 0 Å². The Hall–Kier alpha value is -1.90. The van der Waals surface area contributed by atoms with Crippen LogP contribution in [-0.4, -0.2) is 16.1 Å². The third-order valence-corrected chi connectivity index (χ3v) is 3.15. The van der Waals surface area contributed by atoms with Gasteiger partial charge in [0.2, 0.25) is 0 Å². The van der Waals surface area contributed by atoms with Crippen LogP contribution in [-0.2, 0) is 4.79 Å². The summed E-state index contributed by atoms with van der Waals surface area (Å²) in [6.45, 7) is 0. The monoisotopic (exact) mass is 213 g/mol. The number of hydrogen-bond acceptors (Lipinski definition) is 2. The Morgan fingerprint density at radius 2 is 2.19 bits per heavy atom. The van der Waals surface area contributed by atoms with Crippen LogP contribution in [0.2, 0.25) is 0 Å². The standard InChI is InChI=1S/C13H11NO2/c15-13(16)11-6-10(11)9-5-8-3-1-2-4-12(8)14-7-9/h1-5,7,10-11H,6H2,(H,15,16)/t10-,11?/m0/s1. The molecule has 0 bridgehead atoms. The predicted octanol–water partition coefficient (Wildman–Crippen LogP) is 2.42. The Morgan fingerprint density at radius 3 is 2.94 bits per heavy atom. The largest absolute Gasteiger partial charge is 0.481 e. The van der Waals surface area contributed by atoms with Gasteiger partial charge in [-0.3, -0.25) is 9.78 Å². The van der Waals surface area contributed by atoms with Gasteiger partial charge in [-0.15, -0.1) is 0 Å². The molecule has 1 aromatic heterocycles. The second-order valence-corrected chi connectivity index (χ2v) is 4.25. The molecule has 3 rings (SSSR count). The first-order valence-electron chi connectivity index (χ1n) is 5.33. The van der Waals surface area contributed by atoms with Crippen molar-refractivity contribution in [2.45, 2.75) is 12.3 Å². The molecule has 1 heterocycles. The third kappa shape index (κ3) is 1.45. The molecule has 1 saturated carbocycles. The maximum atomic E-state index is 10.8. The molecule has 80 valence electrons. The van der Waals surface area contributed by atoms with Crippen LogP contribution < -0.4 is 0 Å². The highest BCUT2D eigenvalue weighted by atomic mass is 16.4. The lowest BCUT2D eigenvalue weighted by Gasteiger charge is -2.01. The SMILES string of the molecule is O=C(O)C1C[C@H]1c1cnc2ccccc2c1. The molecule has 0 aliphatic heterocycles. The molecule has 2 atom stereocenters. The van der Waals surface area contributed by atoms with Gasteiger partial charge in [0.05, 0.1) is 11.4 Å². The molecule has 0 radical (unpaired) electrons. The van der Waals surface area contributed by atoms with Gasteiger partial charge in [0, 0.05) is 11.6 Å². The molecule has 1 fully saturated rings. The van der Waals surface area contributed by atoms with Crippen LogP contribution >= 0.6 is 0 Å². The van der Waals surface area contributed by atoms with Gasteiger partial charge in [0.1, 0.15) is 0 Å². The zero-order valence-corrected chi connectivity index (χ0v) is 8.63. The predicted molar refractivity (Wildman–Crippen MR) is 60.2 cm³/mol. The van der Waals surface area contributed by atoms with Crippen molar-refractivity contribution in [3.63, 3.8) is 0 Å². The van der Waals surface area contributed by atoms with E-state index in [-0.39, 0.29) is 11.8 Å². The van der Waals surface area contributed by atoms with Crippen molar-refractivity contribution < 1.29 is 9.90 Å². The summed E-state index contributed by atoms with van der Waals surface area (Å²) < 4.78 is 0. The number of pyridine rings is 1. The van der Waals surface area contributed by atoms with Crippen molar-refractivity contribution >= 4 is 16.9 Å². The van der Waals surface area contributed by atoms with E-state index < -0.39 is 5.97 Å². The summed E-state index contributed by atoms with van der Waals surface area (Å²) in [7, 11) is 0. The number of para-hydroxylation sites is 1. The number of nitrogens with zero attached hydrogens (tertiary/aromatic N) is 1. The highest BCUT2D eigenvalue weighted by Crippen LogP contribution is 2.47. The van der Waals surface area contributed by atoms with Gasteiger partial charge in [-0.2, -0.15) is 0 Å². The van der Waals surface area contributed by atoms with Crippen LogP contribution in [0.4, 0.5) is 0 Å². The fraction of sp³-hybridized carbons (Fsp3) is 0.231. The Labute approximate surface area is 92.7 Å². The topological polar surface area (TPSA) is 50.2 Å². The summed E-state index contributed by atoms with van der Waals surface area (Å²) in [5, 5.41) is 9.96. The Kier molecular flexibility index (Phi) is 1.93. The highest BCUT2D eigenvalue weighted by molar-refractivity contribution is 5.80. The van der Waals surface area contributed by atoms with Crippen LogP contribution in [0.3, 0.4) is 0 Å². The first kappa shape index (κ1) is 9.33. The lowest BCUT2D eigenvalue weighted by atomic mass is 10.1. The molecule has 0 spiro atoms. The van der Waals surface area contributed by atoms with Crippen molar-refractivity contribution in [1.29, 1.82) is 0 Å². The molecular formula is C13H11NO2. The zero-order valence-electron chi connectivity index (χ0n) is 8.63. The van der Waals surface area contributed by atoms with E-state index in [1.165, 1.54) is 0 Å². The van der Waals surface area contributed by atoms with Crippen LogP contribution in [0.25, 0.3) is 10.9 Å². The van der Waals surface area contributed by atoms with Crippen LogP contribution in [0, 0.1) is 5.92 Å². The number of hydrogen-bond donors (Lipinski definition) is 1. The summed E-state index contributed by atoms with van der Waals surface area (Å²) in [4.78, 5) is 15.1. The van der Waals surface area contributed by atoms with E-state index in [2.05, 4.69) is 11.1 Å². The van der Waals surface area contributed by atoms with E-state index in [1.54, 1.807) is 6.20 Å². The van der Waals surface area contributed by atoms with Gasteiger partial charge in [-0.05, 0) is 30.0 Å². The fourth-order valence-electron chi connectivity index (χ4n) is 2.13. The van der Waals surface area contributed by atoms with Crippen LogP contribution in [0.1, 0.15) is 17.9 Å². The van der Waals surface area contributed by atoms with Crippen molar-refractivity contribution in [2.24, 2.45) is 5.92 Å². The number of carboxylic acid groups (broad SMARTS) is 1. The molecule has 0 amide bonds. The highest BCUT2D eigenvalue weighted by Gasteiger charge is 2.44. The van der Waals surface area contributed by atoms with Gasteiger partial charge in [0.25, 0.3) is 0 Å². The Bertz CT molecular complexity index is 565. The van der Waals surface area contributed by atoms with Crippen LogP contribution in [0.15, 0.2) is 36.5 Å². The summed E-state index contributed by atoms with van der Waals surface area (Å²) >= 11 is 0. The van der Waals surface area contributed by atoms with Crippen molar-refractivity contribution in [3.05, 3.63) is 42.1 Å². The number of carbonyl (C=O) groups is 1. The second kappa shape index (κ2) is 3.30. The van der Waals surface area contributed by atoms with Gasteiger partial charge in [0.15, 0.2) is 0 Å². The summed E-state index contributed by atoms with van der Waals surface area (Å²) in [6.07, 6.45) is 2.55. The van der Waals surface area contributed by atoms with E-state index in [4.69, 9.17) is 5.11 Å². The maximum absolute atomic E-state index is 10.8. The number of benzene rings is 1. The Balaban J connectivity index is 1.98. The zero-order chi connectivity index (χ0) is 11.1. The summed E-state index contributed by atoms with van der Waals surface area (Å²) in [5.74, 6) is -0.740. The molecule has 1 unspecified atom stereocenters. The number of carboxylic acids is 1. The minimum atomic E-state index is -0.696. The van der Waals surface area contributed by atoms with Crippen molar-refractivity contribution in [1.82, 2.24) is 4.98 Å². The fourth-order valence-corrected chi connectivity index (χ4v) is 2.13. The van der Waals surface area contributed by atoms with Crippen molar-refractivity contribution in [3.8, 4) is 0 Å². The van der Waals surface area contributed by atoms with E-state index in [1.807, 2.05) is 24.3 Å². The van der Waals surface area contributed by atoms with Gasteiger partial charge in [-0.25, -0.2) is 0 Å². The molecule has 1 aliphatic rings.